The molecule has 0 amide bonds. The molecule has 0 radical (unpaired) electrons. The number of likely N-dealkylation sites (N-methyl/N-ethyl adjacent to an activating group) is 1. The molecule has 0 bridgehead atoms. The molecule has 2 rings (SSSR count). The molecule has 0 aliphatic carbocycles. The molecule has 0 fully saturated rings. The van der Waals surface area contributed by atoms with Gasteiger partial charge in [0.2, 0.25) is 0 Å². The number of aryl methyl sites for hydroxylation is 1. The second kappa shape index (κ2) is 4.55. The van der Waals surface area contributed by atoms with E-state index >= 15 is 0 Å². The van der Waals surface area contributed by atoms with Gasteiger partial charge in [-0.25, -0.2) is 4.98 Å². The lowest BCUT2D eigenvalue weighted by Crippen LogP contribution is -2.20. The summed E-state index contributed by atoms with van der Waals surface area (Å²) in [5, 5.41) is 11.6. The maximum absolute atomic E-state index is 4.23. The summed E-state index contributed by atoms with van der Waals surface area (Å²) in [5.41, 5.74) is 1.31. The van der Waals surface area contributed by atoms with E-state index in [-0.39, 0.29) is 0 Å². The Morgan fingerprint density at radius 3 is 3.00 bits per heavy atom. The molecular formula is C10H14N4S. The van der Waals surface area contributed by atoms with Crippen LogP contribution >= 0.6 is 11.3 Å². The van der Waals surface area contributed by atoms with Crippen molar-refractivity contribution in [3.63, 3.8) is 0 Å². The summed E-state index contributed by atoms with van der Waals surface area (Å²) in [4.78, 5) is 4.23. The topological polar surface area (TPSA) is 42.7 Å². The van der Waals surface area contributed by atoms with Gasteiger partial charge in [0, 0.05) is 19.5 Å². The lowest BCUT2D eigenvalue weighted by Gasteiger charge is -2.13. The van der Waals surface area contributed by atoms with Gasteiger partial charge in [-0.3, -0.25) is 4.68 Å². The van der Waals surface area contributed by atoms with Crippen LogP contribution in [0, 0.1) is 0 Å². The van der Waals surface area contributed by atoms with Gasteiger partial charge in [-0.1, -0.05) is 0 Å². The van der Waals surface area contributed by atoms with Gasteiger partial charge in [-0.15, -0.1) is 0 Å². The molecule has 1 N–H and O–H groups in total. The lowest BCUT2D eigenvalue weighted by atomic mass is 10.1. The Kier molecular flexibility index (Phi) is 3.13. The van der Waals surface area contributed by atoms with Crippen LogP contribution in [0.3, 0.4) is 0 Å². The zero-order valence-corrected chi connectivity index (χ0v) is 9.66. The summed E-state index contributed by atoms with van der Waals surface area (Å²) in [6.45, 7) is 0. The van der Waals surface area contributed by atoms with Crippen molar-refractivity contribution in [1.29, 1.82) is 0 Å². The molecule has 2 aromatic heterocycles. The molecule has 0 saturated heterocycles. The molecule has 0 spiro atoms. The average molecular weight is 222 g/mol. The van der Waals surface area contributed by atoms with Gasteiger partial charge in [-0.2, -0.15) is 16.4 Å². The number of nitrogens with one attached hydrogen (secondary N) is 1. The highest BCUT2D eigenvalue weighted by molar-refractivity contribution is 7.07. The average Bonchev–Trinajstić information content (AvgIpc) is 2.86. The van der Waals surface area contributed by atoms with Crippen molar-refractivity contribution in [3.05, 3.63) is 34.5 Å². The highest BCUT2D eigenvalue weighted by Crippen LogP contribution is 2.19. The zero-order chi connectivity index (χ0) is 10.7. The fourth-order valence-electron chi connectivity index (χ4n) is 1.55. The van der Waals surface area contributed by atoms with E-state index < -0.39 is 0 Å². The van der Waals surface area contributed by atoms with Gasteiger partial charge in [0.05, 0.1) is 0 Å². The number of hydrogen-bond acceptors (Lipinski definition) is 4. The summed E-state index contributed by atoms with van der Waals surface area (Å²) >= 11 is 1.72. The number of rotatable bonds is 4. The van der Waals surface area contributed by atoms with Crippen LogP contribution in [0.1, 0.15) is 17.4 Å². The normalized spacial score (nSPS) is 12.9. The Bertz CT molecular complexity index is 407. The first-order chi connectivity index (χ1) is 7.31. The molecule has 0 aromatic carbocycles. The van der Waals surface area contributed by atoms with Gasteiger partial charge in [0.15, 0.2) is 0 Å². The molecule has 2 heterocycles. The van der Waals surface area contributed by atoms with Crippen molar-refractivity contribution in [2.45, 2.75) is 12.5 Å². The molecule has 0 aliphatic heterocycles. The van der Waals surface area contributed by atoms with E-state index in [1.54, 1.807) is 17.7 Å². The van der Waals surface area contributed by atoms with Crippen LogP contribution in [-0.4, -0.2) is 21.8 Å². The van der Waals surface area contributed by atoms with Crippen molar-refractivity contribution < 1.29 is 0 Å². The van der Waals surface area contributed by atoms with E-state index in [0.717, 1.165) is 12.2 Å². The smallest absolute Gasteiger partial charge is 0.138 e. The van der Waals surface area contributed by atoms with Crippen LogP contribution in [-0.2, 0) is 13.5 Å². The zero-order valence-electron chi connectivity index (χ0n) is 8.84. The Morgan fingerprint density at radius 2 is 2.47 bits per heavy atom. The largest absolute Gasteiger partial charge is 0.313 e. The van der Waals surface area contributed by atoms with Crippen molar-refractivity contribution >= 4 is 11.3 Å². The van der Waals surface area contributed by atoms with Gasteiger partial charge >= 0.3 is 0 Å². The number of aromatic nitrogens is 3. The highest BCUT2D eigenvalue weighted by atomic mass is 32.1. The fraction of sp³-hybridized carbons (Fsp3) is 0.400. The molecule has 15 heavy (non-hydrogen) atoms. The minimum absolute atomic E-state index is 0.319. The first-order valence-corrected chi connectivity index (χ1v) is 5.77. The van der Waals surface area contributed by atoms with E-state index in [1.165, 1.54) is 5.56 Å². The fourth-order valence-corrected chi connectivity index (χ4v) is 2.26. The lowest BCUT2D eigenvalue weighted by molar-refractivity contribution is 0.554. The quantitative estimate of drug-likeness (QED) is 0.850. The SMILES string of the molecule is CNC(Cc1ncnn1C)c1ccsc1. The molecule has 1 atom stereocenters. The predicted octanol–water partition coefficient (Wildman–Crippen LogP) is 1.38. The first kappa shape index (κ1) is 10.3. The van der Waals surface area contributed by atoms with Crippen LogP contribution in [0.4, 0.5) is 0 Å². The minimum Gasteiger partial charge on any atom is -0.313 e. The molecule has 5 heteroatoms. The third kappa shape index (κ3) is 2.24. The Morgan fingerprint density at radius 1 is 1.60 bits per heavy atom. The van der Waals surface area contributed by atoms with E-state index in [1.807, 2.05) is 18.8 Å². The molecule has 1 unspecified atom stereocenters. The maximum Gasteiger partial charge on any atom is 0.138 e. The number of nitrogens with zero attached hydrogens (tertiary/aromatic N) is 3. The van der Waals surface area contributed by atoms with E-state index in [0.29, 0.717) is 6.04 Å². The third-order valence-corrected chi connectivity index (χ3v) is 3.19. The Balaban J connectivity index is 2.13. The molecule has 80 valence electrons. The van der Waals surface area contributed by atoms with Crippen molar-refractivity contribution in [3.8, 4) is 0 Å². The van der Waals surface area contributed by atoms with Crippen molar-refractivity contribution in [2.24, 2.45) is 7.05 Å². The highest BCUT2D eigenvalue weighted by Gasteiger charge is 2.13. The van der Waals surface area contributed by atoms with Crippen LogP contribution in [0.5, 0.6) is 0 Å². The van der Waals surface area contributed by atoms with Crippen molar-refractivity contribution in [2.75, 3.05) is 7.05 Å². The van der Waals surface area contributed by atoms with E-state index in [4.69, 9.17) is 0 Å². The van der Waals surface area contributed by atoms with Crippen LogP contribution in [0.15, 0.2) is 23.2 Å². The molecule has 0 aliphatic rings. The maximum atomic E-state index is 4.23. The van der Waals surface area contributed by atoms with Crippen LogP contribution in [0.25, 0.3) is 0 Å². The predicted molar refractivity (Wildman–Crippen MR) is 60.8 cm³/mol. The van der Waals surface area contributed by atoms with Gasteiger partial charge in [0.25, 0.3) is 0 Å². The van der Waals surface area contributed by atoms with Gasteiger partial charge < -0.3 is 5.32 Å². The van der Waals surface area contributed by atoms with E-state index in [2.05, 4.69) is 32.2 Å². The summed E-state index contributed by atoms with van der Waals surface area (Å²) in [5.74, 6) is 1.00. The second-order valence-electron chi connectivity index (χ2n) is 3.40. The van der Waals surface area contributed by atoms with Crippen molar-refractivity contribution in [1.82, 2.24) is 20.1 Å². The number of hydrogen-bond donors (Lipinski definition) is 1. The summed E-state index contributed by atoms with van der Waals surface area (Å²) < 4.78 is 1.82. The molecule has 2 aromatic rings. The Hall–Kier alpha value is -1.20. The molecular weight excluding hydrogens is 208 g/mol. The summed E-state index contributed by atoms with van der Waals surface area (Å²) in [6, 6.07) is 2.46. The summed E-state index contributed by atoms with van der Waals surface area (Å²) in [6.07, 6.45) is 2.46. The Labute approximate surface area is 93.0 Å². The van der Waals surface area contributed by atoms with Gasteiger partial charge in [-0.05, 0) is 29.4 Å². The molecule has 4 nitrogen and oxygen atoms in total. The standard InChI is InChI=1S/C10H14N4S/c1-11-9(8-3-4-15-6-8)5-10-12-7-13-14(10)2/h3-4,6-7,9,11H,5H2,1-2H3. The monoisotopic (exact) mass is 222 g/mol. The second-order valence-corrected chi connectivity index (χ2v) is 4.18. The third-order valence-electron chi connectivity index (χ3n) is 2.49. The minimum atomic E-state index is 0.319. The van der Waals surface area contributed by atoms with Gasteiger partial charge in [0.1, 0.15) is 12.2 Å². The number of thiophene rings is 1. The van der Waals surface area contributed by atoms with E-state index in [9.17, 15) is 0 Å². The van der Waals surface area contributed by atoms with Crippen LogP contribution in [0.2, 0.25) is 0 Å². The summed E-state index contributed by atoms with van der Waals surface area (Å²) in [7, 11) is 3.89. The first-order valence-electron chi connectivity index (χ1n) is 4.83. The molecule has 0 saturated carbocycles. The van der Waals surface area contributed by atoms with Crippen LogP contribution < -0.4 is 5.32 Å².